The molecule has 5 atom stereocenters. The minimum absolute atomic E-state index is 0.0242. The first kappa shape index (κ1) is 22.2. The quantitative estimate of drug-likeness (QED) is 0.410. The smallest absolute Gasteiger partial charge is 0.333 e. The van der Waals surface area contributed by atoms with Gasteiger partial charge in [0.15, 0.2) is 17.9 Å². The van der Waals surface area contributed by atoms with Crippen molar-refractivity contribution in [1.29, 1.82) is 0 Å². The van der Waals surface area contributed by atoms with Gasteiger partial charge in [-0.1, -0.05) is 26.3 Å². The van der Waals surface area contributed by atoms with Crippen LogP contribution in [0.5, 0.6) is 0 Å². The first-order valence-corrected chi connectivity index (χ1v) is 11.5. The van der Waals surface area contributed by atoms with Gasteiger partial charge in [0.1, 0.15) is 18.8 Å². The van der Waals surface area contributed by atoms with Crippen molar-refractivity contribution < 1.29 is 33.6 Å². The van der Waals surface area contributed by atoms with Crippen molar-refractivity contribution >= 4 is 5.97 Å². The van der Waals surface area contributed by atoms with Gasteiger partial charge in [0.25, 0.3) is 0 Å². The highest BCUT2D eigenvalue weighted by Gasteiger charge is 2.57. The van der Waals surface area contributed by atoms with Gasteiger partial charge in [0.05, 0.1) is 6.10 Å². The van der Waals surface area contributed by atoms with Crippen LogP contribution in [0, 0.1) is 5.92 Å². The highest BCUT2D eigenvalue weighted by Crippen LogP contribution is 2.47. The van der Waals surface area contributed by atoms with Crippen LogP contribution in [-0.4, -0.2) is 53.9 Å². The molecular weight excluding hydrogens is 388 g/mol. The van der Waals surface area contributed by atoms with E-state index < -0.39 is 36.0 Å². The predicted octanol–water partition coefficient (Wildman–Crippen LogP) is 3.58. The third kappa shape index (κ3) is 4.60. The lowest BCUT2D eigenvalue weighted by Gasteiger charge is -2.45. The van der Waals surface area contributed by atoms with E-state index in [1.807, 2.05) is 0 Å². The third-order valence-corrected chi connectivity index (χ3v) is 6.99. The van der Waals surface area contributed by atoms with Crippen LogP contribution in [0.2, 0.25) is 0 Å². The molecule has 30 heavy (non-hydrogen) atoms. The lowest BCUT2D eigenvalue weighted by molar-refractivity contribution is -0.316. The second-order valence-corrected chi connectivity index (χ2v) is 9.54. The molecule has 0 aromatic carbocycles. The maximum Gasteiger partial charge on any atom is 0.333 e. The number of esters is 1. The normalized spacial score (nSPS) is 37.5. The minimum Gasteiger partial charge on any atom is -0.459 e. The summed E-state index contributed by atoms with van der Waals surface area (Å²) in [5.41, 5.74) is 0.335. The Labute approximate surface area is 179 Å². The lowest BCUT2D eigenvalue weighted by Crippen LogP contribution is -2.57. The number of ether oxygens (including phenoxy) is 5. The average Bonchev–Trinajstić information content (AvgIpc) is 3.07. The van der Waals surface area contributed by atoms with E-state index in [2.05, 4.69) is 13.5 Å². The van der Waals surface area contributed by atoms with E-state index in [0.29, 0.717) is 18.4 Å². The van der Waals surface area contributed by atoms with Crippen molar-refractivity contribution in [2.75, 3.05) is 6.61 Å². The van der Waals surface area contributed by atoms with Crippen LogP contribution < -0.4 is 0 Å². The minimum atomic E-state index is -1.17. The zero-order valence-corrected chi connectivity index (χ0v) is 18.3. The van der Waals surface area contributed by atoms with Crippen LogP contribution in [0.3, 0.4) is 0 Å². The summed E-state index contributed by atoms with van der Waals surface area (Å²) in [4.78, 5) is 12.0. The standard InChI is InChI=1S/C23H36O7/c1-15(2)20(24)26-14-17-18(28-22(25)10-6-4-7-11-22)16(3)19-21(27-17)30-23(29-19)12-8-5-9-13-23/h16-19,21,25H,1,4-14H2,2-3H3/t16-,17+,18-,19-,21+/m0/s1. The van der Waals surface area contributed by atoms with Crippen LogP contribution in [0.25, 0.3) is 0 Å². The Kier molecular flexibility index (Phi) is 6.56. The maximum absolute atomic E-state index is 12.0. The van der Waals surface area contributed by atoms with E-state index in [-0.39, 0.29) is 18.6 Å². The molecule has 7 nitrogen and oxygen atoms in total. The van der Waals surface area contributed by atoms with Crippen molar-refractivity contribution in [1.82, 2.24) is 0 Å². The van der Waals surface area contributed by atoms with E-state index in [9.17, 15) is 9.90 Å². The maximum atomic E-state index is 12.0. The van der Waals surface area contributed by atoms with Crippen LogP contribution in [-0.2, 0) is 28.5 Å². The van der Waals surface area contributed by atoms with E-state index in [1.54, 1.807) is 6.92 Å². The number of carbonyl (C=O) groups is 1. The Morgan fingerprint density at radius 3 is 2.33 bits per heavy atom. The van der Waals surface area contributed by atoms with E-state index >= 15 is 0 Å². The molecule has 0 bridgehead atoms. The molecule has 0 amide bonds. The molecule has 2 aliphatic heterocycles. The number of hydrogen-bond acceptors (Lipinski definition) is 7. The summed E-state index contributed by atoms with van der Waals surface area (Å²) in [7, 11) is 0. The van der Waals surface area contributed by atoms with Crippen LogP contribution in [0.15, 0.2) is 12.2 Å². The summed E-state index contributed by atoms with van der Waals surface area (Å²) in [6, 6.07) is 0. The largest absolute Gasteiger partial charge is 0.459 e. The Morgan fingerprint density at radius 1 is 1.07 bits per heavy atom. The topological polar surface area (TPSA) is 83.5 Å². The molecule has 2 saturated carbocycles. The molecule has 170 valence electrons. The molecule has 4 rings (SSSR count). The fourth-order valence-electron chi connectivity index (χ4n) is 5.25. The zero-order chi connectivity index (χ0) is 21.4. The van der Waals surface area contributed by atoms with Crippen LogP contribution in [0.1, 0.15) is 78.1 Å². The summed E-state index contributed by atoms with van der Waals surface area (Å²) >= 11 is 0. The first-order valence-electron chi connectivity index (χ1n) is 11.5. The molecule has 2 heterocycles. The van der Waals surface area contributed by atoms with Crippen LogP contribution in [0.4, 0.5) is 0 Å². The van der Waals surface area contributed by atoms with Gasteiger partial charge in [-0.15, -0.1) is 0 Å². The van der Waals surface area contributed by atoms with Gasteiger partial charge in [0.2, 0.25) is 0 Å². The summed E-state index contributed by atoms with van der Waals surface area (Å²) in [5.74, 6) is -2.30. The van der Waals surface area contributed by atoms with Gasteiger partial charge >= 0.3 is 5.97 Å². The number of aliphatic hydroxyl groups is 1. The van der Waals surface area contributed by atoms with Crippen molar-refractivity contribution in [3.8, 4) is 0 Å². The Bertz CT molecular complexity index is 635. The SMILES string of the molecule is C=C(C)C(=O)OC[C@H]1O[C@@H]2OC3(CCCCC3)O[C@H]2[C@@H](C)[C@@H]1OC1(O)CCCCC1. The summed E-state index contributed by atoms with van der Waals surface area (Å²) in [6.07, 6.45) is 7.44. The molecule has 0 radical (unpaired) electrons. The zero-order valence-electron chi connectivity index (χ0n) is 18.3. The summed E-state index contributed by atoms with van der Waals surface area (Å²) in [6.45, 7) is 7.33. The fraction of sp³-hybridized carbons (Fsp3) is 0.870. The molecule has 0 unspecified atom stereocenters. The molecule has 4 aliphatic rings. The van der Waals surface area contributed by atoms with E-state index in [1.165, 1.54) is 6.42 Å². The highest BCUT2D eigenvalue weighted by molar-refractivity contribution is 5.86. The Balaban J connectivity index is 1.51. The van der Waals surface area contributed by atoms with Gasteiger partial charge in [-0.2, -0.15) is 0 Å². The van der Waals surface area contributed by atoms with E-state index in [0.717, 1.165) is 44.9 Å². The lowest BCUT2D eigenvalue weighted by atomic mass is 9.88. The highest BCUT2D eigenvalue weighted by atomic mass is 16.8. The number of carbonyl (C=O) groups excluding carboxylic acids is 1. The molecule has 0 aromatic rings. The fourth-order valence-corrected chi connectivity index (χ4v) is 5.25. The molecule has 2 aliphatic carbocycles. The number of hydrogen-bond donors (Lipinski definition) is 1. The molecule has 4 fully saturated rings. The number of fused-ring (bicyclic) bond motifs is 1. The van der Waals surface area contributed by atoms with Crippen molar-refractivity contribution in [3.05, 3.63) is 12.2 Å². The monoisotopic (exact) mass is 424 g/mol. The molecule has 0 aromatic heterocycles. The van der Waals surface area contributed by atoms with Crippen molar-refractivity contribution in [2.45, 2.75) is 114 Å². The van der Waals surface area contributed by atoms with Gasteiger partial charge in [-0.25, -0.2) is 4.79 Å². The molecule has 1 spiro atoms. The molecule has 7 heteroatoms. The Morgan fingerprint density at radius 2 is 1.70 bits per heavy atom. The molecular formula is C23H36O7. The second kappa shape index (κ2) is 8.87. The first-order chi connectivity index (χ1) is 14.3. The summed E-state index contributed by atoms with van der Waals surface area (Å²) in [5, 5.41) is 11.0. The average molecular weight is 425 g/mol. The molecule has 1 N–H and O–H groups in total. The van der Waals surface area contributed by atoms with Gasteiger partial charge in [-0.3, -0.25) is 0 Å². The molecule has 2 saturated heterocycles. The van der Waals surface area contributed by atoms with Crippen LogP contribution >= 0.6 is 0 Å². The van der Waals surface area contributed by atoms with Gasteiger partial charge < -0.3 is 28.8 Å². The predicted molar refractivity (Wildman–Crippen MR) is 108 cm³/mol. The summed E-state index contributed by atoms with van der Waals surface area (Å²) < 4.78 is 30.7. The number of rotatable bonds is 5. The Hall–Kier alpha value is -0.990. The van der Waals surface area contributed by atoms with Gasteiger partial charge in [-0.05, 0) is 32.6 Å². The third-order valence-electron chi connectivity index (χ3n) is 6.99. The second-order valence-electron chi connectivity index (χ2n) is 9.54. The van der Waals surface area contributed by atoms with Crippen molar-refractivity contribution in [3.63, 3.8) is 0 Å². The van der Waals surface area contributed by atoms with E-state index in [4.69, 9.17) is 23.7 Å². The van der Waals surface area contributed by atoms with Gasteiger partial charge in [0, 0.05) is 37.2 Å². The van der Waals surface area contributed by atoms with Crippen molar-refractivity contribution in [2.24, 2.45) is 5.92 Å².